The van der Waals surface area contributed by atoms with E-state index in [1.54, 1.807) is 38.7 Å². The molecule has 0 spiro atoms. The molecule has 29 heavy (non-hydrogen) atoms. The molecule has 1 N–H and O–H groups in total. The van der Waals surface area contributed by atoms with Crippen LogP contribution < -0.4 is 10.2 Å². The molecule has 1 saturated heterocycles. The lowest BCUT2D eigenvalue weighted by molar-refractivity contribution is -0.118. The van der Waals surface area contributed by atoms with E-state index >= 15 is 0 Å². The SMILES string of the molecule is CC(NCC(=O)N1CCCc2cc(S(=O)(=O)N3CCCC3)ccc21)c1cccs1. The van der Waals surface area contributed by atoms with E-state index in [1.165, 1.54) is 4.88 Å². The van der Waals surface area contributed by atoms with Gasteiger partial charge in [-0.05, 0) is 67.8 Å². The highest BCUT2D eigenvalue weighted by molar-refractivity contribution is 7.89. The summed E-state index contributed by atoms with van der Waals surface area (Å²) in [6, 6.07) is 9.42. The third-order valence-corrected chi connectivity index (χ3v) is 8.65. The van der Waals surface area contributed by atoms with Gasteiger partial charge in [0.25, 0.3) is 0 Å². The number of rotatable bonds is 6. The zero-order chi connectivity index (χ0) is 20.4. The van der Waals surface area contributed by atoms with Crippen molar-refractivity contribution in [2.75, 3.05) is 31.1 Å². The highest BCUT2D eigenvalue weighted by atomic mass is 32.2. The minimum atomic E-state index is -3.44. The monoisotopic (exact) mass is 433 g/mol. The second-order valence-corrected chi connectivity index (χ2v) is 10.6. The van der Waals surface area contributed by atoms with Crippen molar-refractivity contribution in [1.29, 1.82) is 0 Å². The molecule has 8 heteroatoms. The number of thiophene rings is 1. The van der Waals surface area contributed by atoms with E-state index in [2.05, 4.69) is 18.3 Å². The summed E-state index contributed by atoms with van der Waals surface area (Å²) in [7, 11) is -3.44. The largest absolute Gasteiger partial charge is 0.311 e. The van der Waals surface area contributed by atoms with Gasteiger partial charge in [0.05, 0.1) is 11.4 Å². The quantitative estimate of drug-likeness (QED) is 0.760. The van der Waals surface area contributed by atoms with Crippen molar-refractivity contribution in [3.8, 4) is 0 Å². The number of sulfonamides is 1. The number of benzene rings is 1. The van der Waals surface area contributed by atoms with Crippen LogP contribution in [0.2, 0.25) is 0 Å². The van der Waals surface area contributed by atoms with E-state index in [0.717, 1.165) is 36.9 Å². The van der Waals surface area contributed by atoms with Crippen LogP contribution in [0.3, 0.4) is 0 Å². The number of hydrogen-bond acceptors (Lipinski definition) is 5. The van der Waals surface area contributed by atoms with Crippen LogP contribution in [0.25, 0.3) is 0 Å². The van der Waals surface area contributed by atoms with E-state index < -0.39 is 10.0 Å². The Hall–Kier alpha value is -1.74. The van der Waals surface area contributed by atoms with Crippen LogP contribution in [-0.4, -0.2) is 44.8 Å². The average Bonchev–Trinajstić information content (AvgIpc) is 3.45. The number of nitrogens with one attached hydrogen (secondary N) is 1. The molecule has 0 radical (unpaired) electrons. The van der Waals surface area contributed by atoms with Gasteiger partial charge in [-0.2, -0.15) is 4.31 Å². The first kappa shape index (κ1) is 20.5. The zero-order valence-electron chi connectivity index (χ0n) is 16.6. The Labute approximate surface area is 176 Å². The molecule has 0 aliphatic carbocycles. The number of fused-ring (bicyclic) bond motifs is 1. The van der Waals surface area contributed by atoms with Gasteiger partial charge in [-0.15, -0.1) is 11.3 Å². The molecule has 3 heterocycles. The molecule has 0 saturated carbocycles. The summed E-state index contributed by atoms with van der Waals surface area (Å²) >= 11 is 1.67. The van der Waals surface area contributed by atoms with Crippen molar-refractivity contribution in [1.82, 2.24) is 9.62 Å². The summed E-state index contributed by atoms with van der Waals surface area (Å²) < 4.78 is 27.3. The molecule has 1 aromatic heterocycles. The maximum absolute atomic E-state index is 12.9. The van der Waals surface area contributed by atoms with Gasteiger partial charge >= 0.3 is 0 Å². The van der Waals surface area contributed by atoms with Crippen molar-refractivity contribution >= 4 is 33.0 Å². The molecule has 2 aliphatic heterocycles. The number of amides is 1. The number of aryl methyl sites for hydroxylation is 1. The van der Waals surface area contributed by atoms with Gasteiger partial charge in [-0.25, -0.2) is 8.42 Å². The molecule has 2 aliphatic rings. The lowest BCUT2D eigenvalue weighted by atomic mass is 10.0. The van der Waals surface area contributed by atoms with Gasteiger partial charge in [0, 0.05) is 36.2 Å². The lowest BCUT2D eigenvalue weighted by Crippen LogP contribution is -2.41. The minimum Gasteiger partial charge on any atom is -0.311 e. The maximum atomic E-state index is 12.9. The molecule has 0 bridgehead atoms. The first-order valence-electron chi connectivity index (χ1n) is 10.2. The summed E-state index contributed by atoms with van der Waals surface area (Å²) in [5.74, 6) is 0.0181. The van der Waals surface area contributed by atoms with Crippen molar-refractivity contribution in [2.45, 2.75) is 43.5 Å². The molecule has 1 atom stereocenters. The standard InChI is InChI=1S/C21H27N3O3S2/c1-16(20-7-5-13-28-20)22-15-21(25)24-12-4-6-17-14-18(8-9-19(17)24)29(26,27)23-10-2-3-11-23/h5,7-9,13-14,16,22H,2-4,6,10-12,15H2,1H3. The fourth-order valence-electron chi connectivity index (χ4n) is 4.04. The highest BCUT2D eigenvalue weighted by Gasteiger charge is 2.29. The molecule has 156 valence electrons. The molecular formula is C21H27N3O3S2. The Morgan fingerprint density at radius 3 is 2.69 bits per heavy atom. The summed E-state index contributed by atoms with van der Waals surface area (Å²) in [4.78, 5) is 16.2. The first-order chi connectivity index (χ1) is 14.0. The third-order valence-electron chi connectivity index (χ3n) is 5.70. The first-order valence-corrected chi connectivity index (χ1v) is 12.5. The Kier molecular flexibility index (Phi) is 6.06. The van der Waals surface area contributed by atoms with Crippen LogP contribution in [-0.2, 0) is 21.2 Å². The molecule has 1 aromatic carbocycles. The normalized spacial score (nSPS) is 18.6. The summed E-state index contributed by atoms with van der Waals surface area (Å²) in [5.41, 5.74) is 1.78. The molecule has 1 amide bonds. The van der Waals surface area contributed by atoms with Gasteiger partial charge < -0.3 is 10.2 Å². The van der Waals surface area contributed by atoms with E-state index in [4.69, 9.17) is 0 Å². The Balaban J connectivity index is 1.48. The molecule has 4 rings (SSSR count). The van der Waals surface area contributed by atoms with Crippen molar-refractivity contribution < 1.29 is 13.2 Å². The highest BCUT2D eigenvalue weighted by Crippen LogP contribution is 2.31. The third kappa shape index (κ3) is 4.26. The van der Waals surface area contributed by atoms with Crippen molar-refractivity contribution in [2.24, 2.45) is 0 Å². The van der Waals surface area contributed by atoms with E-state index in [1.807, 2.05) is 11.4 Å². The summed E-state index contributed by atoms with van der Waals surface area (Å²) in [6.45, 7) is 4.17. The number of anilines is 1. The molecule has 6 nitrogen and oxygen atoms in total. The molecule has 1 fully saturated rings. The molecule has 1 unspecified atom stereocenters. The zero-order valence-corrected chi connectivity index (χ0v) is 18.3. The van der Waals surface area contributed by atoms with Crippen LogP contribution >= 0.6 is 11.3 Å². The fourth-order valence-corrected chi connectivity index (χ4v) is 6.37. The topological polar surface area (TPSA) is 69.7 Å². The van der Waals surface area contributed by atoms with Crippen LogP contribution in [0.15, 0.2) is 40.6 Å². The number of carbonyl (C=O) groups is 1. The molecular weight excluding hydrogens is 406 g/mol. The number of carbonyl (C=O) groups excluding carboxylic acids is 1. The number of hydrogen-bond donors (Lipinski definition) is 1. The lowest BCUT2D eigenvalue weighted by Gasteiger charge is -2.30. The van der Waals surface area contributed by atoms with Gasteiger partial charge in [0.1, 0.15) is 0 Å². The van der Waals surface area contributed by atoms with Crippen LogP contribution in [0.5, 0.6) is 0 Å². The van der Waals surface area contributed by atoms with E-state index in [9.17, 15) is 13.2 Å². The predicted molar refractivity (Wildman–Crippen MR) is 116 cm³/mol. The predicted octanol–water partition coefficient (Wildman–Crippen LogP) is 3.16. The van der Waals surface area contributed by atoms with Gasteiger partial charge in [0.15, 0.2) is 0 Å². The average molecular weight is 434 g/mol. The van der Waals surface area contributed by atoms with Crippen LogP contribution in [0, 0.1) is 0 Å². The van der Waals surface area contributed by atoms with E-state index in [-0.39, 0.29) is 18.5 Å². The van der Waals surface area contributed by atoms with Crippen molar-refractivity contribution in [3.05, 3.63) is 46.2 Å². The molecule has 2 aromatic rings. The summed E-state index contributed by atoms with van der Waals surface area (Å²) in [5, 5.41) is 5.33. The number of nitrogens with zero attached hydrogens (tertiary/aromatic N) is 2. The minimum absolute atomic E-state index is 0.0181. The maximum Gasteiger partial charge on any atom is 0.243 e. The van der Waals surface area contributed by atoms with E-state index in [0.29, 0.717) is 24.5 Å². The Morgan fingerprint density at radius 2 is 1.97 bits per heavy atom. The Bertz CT molecular complexity index is 967. The van der Waals surface area contributed by atoms with Gasteiger partial charge in [-0.3, -0.25) is 4.79 Å². The second-order valence-electron chi connectivity index (χ2n) is 7.67. The van der Waals surface area contributed by atoms with Gasteiger partial charge in [-0.1, -0.05) is 6.07 Å². The second kappa shape index (κ2) is 8.55. The summed E-state index contributed by atoms with van der Waals surface area (Å²) in [6.07, 6.45) is 3.47. The fraction of sp³-hybridized carbons (Fsp3) is 0.476. The van der Waals surface area contributed by atoms with Gasteiger partial charge in [0.2, 0.25) is 15.9 Å². The Morgan fingerprint density at radius 1 is 1.17 bits per heavy atom. The van der Waals surface area contributed by atoms with Crippen LogP contribution in [0.1, 0.15) is 42.7 Å². The van der Waals surface area contributed by atoms with Crippen LogP contribution in [0.4, 0.5) is 5.69 Å². The van der Waals surface area contributed by atoms with Crippen molar-refractivity contribution in [3.63, 3.8) is 0 Å². The smallest absolute Gasteiger partial charge is 0.243 e.